The first-order valence-electron chi connectivity index (χ1n) is 8.87. The Bertz CT molecular complexity index is 914. The Balaban J connectivity index is 1.22. The van der Waals surface area contributed by atoms with Crippen molar-refractivity contribution in [1.82, 2.24) is 25.3 Å². The standard InChI is InChI=1S/C18H19N5O4S/c24-16(11-19-18(25)13-3-1-9-26-13)23-7-5-22(6-8-23)12-15-20-17(21-27-15)14-4-2-10-28-14/h1-4,9-10H,5-8,11-12H2,(H,19,25). The molecule has 1 fully saturated rings. The highest BCUT2D eigenvalue weighted by atomic mass is 32.1. The van der Waals surface area contributed by atoms with E-state index in [0.717, 1.165) is 4.88 Å². The van der Waals surface area contributed by atoms with Crippen molar-refractivity contribution in [1.29, 1.82) is 0 Å². The first kappa shape index (κ1) is 18.4. The van der Waals surface area contributed by atoms with Gasteiger partial charge in [-0.15, -0.1) is 11.3 Å². The minimum absolute atomic E-state index is 0.0482. The van der Waals surface area contributed by atoms with E-state index in [1.165, 1.54) is 6.26 Å². The average Bonchev–Trinajstić information content (AvgIpc) is 3.48. The van der Waals surface area contributed by atoms with Crippen LogP contribution >= 0.6 is 11.3 Å². The maximum Gasteiger partial charge on any atom is 0.287 e. The van der Waals surface area contributed by atoms with Crippen LogP contribution in [0.5, 0.6) is 0 Å². The number of carbonyl (C=O) groups excluding carboxylic acids is 2. The molecule has 4 heterocycles. The van der Waals surface area contributed by atoms with Crippen molar-refractivity contribution >= 4 is 23.2 Å². The summed E-state index contributed by atoms with van der Waals surface area (Å²) >= 11 is 1.57. The molecule has 0 atom stereocenters. The minimum atomic E-state index is -0.394. The third-order valence-corrected chi connectivity index (χ3v) is 5.30. The number of aromatic nitrogens is 2. The molecule has 0 aromatic carbocycles. The molecule has 1 N–H and O–H groups in total. The SMILES string of the molecule is O=C(NCC(=O)N1CCN(Cc2nc(-c3cccs3)no2)CC1)c1ccco1. The van der Waals surface area contributed by atoms with E-state index in [1.807, 2.05) is 17.5 Å². The van der Waals surface area contributed by atoms with Gasteiger partial charge >= 0.3 is 0 Å². The van der Waals surface area contributed by atoms with Crippen LogP contribution in [0.25, 0.3) is 10.7 Å². The zero-order chi connectivity index (χ0) is 19.3. The lowest BCUT2D eigenvalue weighted by molar-refractivity contribution is -0.131. The average molecular weight is 401 g/mol. The Morgan fingerprint density at radius 2 is 2.04 bits per heavy atom. The van der Waals surface area contributed by atoms with Crippen LogP contribution in [0.3, 0.4) is 0 Å². The van der Waals surface area contributed by atoms with E-state index >= 15 is 0 Å². The molecule has 0 radical (unpaired) electrons. The molecule has 0 unspecified atom stereocenters. The van der Waals surface area contributed by atoms with Crippen LogP contribution in [0.2, 0.25) is 0 Å². The van der Waals surface area contributed by atoms with Crippen LogP contribution in [-0.4, -0.2) is 64.5 Å². The summed E-state index contributed by atoms with van der Waals surface area (Å²) in [7, 11) is 0. The van der Waals surface area contributed by atoms with Crippen LogP contribution in [0.1, 0.15) is 16.4 Å². The second-order valence-corrected chi connectivity index (χ2v) is 7.25. The van der Waals surface area contributed by atoms with Gasteiger partial charge in [0, 0.05) is 26.2 Å². The second-order valence-electron chi connectivity index (χ2n) is 6.31. The normalized spacial score (nSPS) is 14.9. The smallest absolute Gasteiger partial charge is 0.287 e. The first-order chi connectivity index (χ1) is 13.7. The van der Waals surface area contributed by atoms with E-state index in [4.69, 9.17) is 8.94 Å². The van der Waals surface area contributed by atoms with E-state index in [9.17, 15) is 9.59 Å². The van der Waals surface area contributed by atoms with E-state index in [1.54, 1.807) is 28.4 Å². The number of piperazine rings is 1. The molecule has 4 rings (SSSR count). The molecule has 3 aromatic heterocycles. The van der Waals surface area contributed by atoms with Gasteiger partial charge in [-0.1, -0.05) is 11.2 Å². The van der Waals surface area contributed by atoms with Gasteiger partial charge in [0.25, 0.3) is 5.91 Å². The van der Waals surface area contributed by atoms with Crippen LogP contribution in [0.15, 0.2) is 44.8 Å². The van der Waals surface area contributed by atoms with Gasteiger partial charge in [-0.3, -0.25) is 14.5 Å². The van der Waals surface area contributed by atoms with Crippen molar-refractivity contribution in [3.63, 3.8) is 0 Å². The summed E-state index contributed by atoms with van der Waals surface area (Å²) in [5.74, 6) is 0.853. The molecular formula is C18H19N5O4S. The van der Waals surface area contributed by atoms with Gasteiger partial charge < -0.3 is 19.2 Å². The lowest BCUT2D eigenvalue weighted by Crippen LogP contribution is -2.50. The van der Waals surface area contributed by atoms with Crippen molar-refractivity contribution in [3.05, 3.63) is 47.6 Å². The van der Waals surface area contributed by atoms with E-state index in [0.29, 0.717) is 44.4 Å². The summed E-state index contributed by atoms with van der Waals surface area (Å²) in [6, 6.07) is 7.08. The third kappa shape index (κ3) is 4.29. The Labute approximate surface area is 164 Å². The van der Waals surface area contributed by atoms with Gasteiger partial charge in [-0.05, 0) is 23.6 Å². The Morgan fingerprint density at radius 1 is 1.18 bits per heavy atom. The molecule has 0 aliphatic carbocycles. The fourth-order valence-electron chi connectivity index (χ4n) is 2.93. The molecule has 146 valence electrons. The molecule has 0 bridgehead atoms. The lowest BCUT2D eigenvalue weighted by Gasteiger charge is -2.33. The molecule has 1 aliphatic rings. The van der Waals surface area contributed by atoms with Gasteiger partial charge in [0.15, 0.2) is 5.76 Å². The van der Waals surface area contributed by atoms with Gasteiger partial charge in [0.1, 0.15) is 0 Å². The topological polar surface area (TPSA) is 105 Å². The van der Waals surface area contributed by atoms with Crippen molar-refractivity contribution in [2.45, 2.75) is 6.54 Å². The van der Waals surface area contributed by atoms with Gasteiger partial charge in [-0.2, -0.15) is 4.98 Å². The number of hydrogen-bond acceptors (Lipinski definition) is 8. The Kier molecular flexibility index (Phi) is 5.49. The van der Waals surface area contributed by atoms with Crippen molar-refractivity contribution in [3.8, 4) is 10.7 Å². The minimum Gasteiger partial charge on any atom is -0.459 e. The predicted molar refractivity (Wildman–Crippen MR) is 101 cm³/mol. The monoisotopic (exact) mass is 401 g/mol. The number of rotatable bonds is 6. The van der Waals surface area contributed by atoms with Crippen LogP contribution in [0.4, 0.5) is 0 Å². The number of nitrogens with zero attached hydrogens (tertiary/aromatic N) is 4. The fraction of sp³-hybridized carbons (Fsp3) is 0.333. The maximum absolute atomic E-state index is 12.3. The Hall–Kier alpha value is -2.98. The quantitative estimate of drug-likeness (QED) is 0.667. The Morgan fingerprint density at radius 3 is 2.75 bits per heavy atom. The summed E-state index contributed by atoms with van der Waals surface area (Å²) < 4.78 is 10.3. The summed E-state index contributed by atoms with van der Waals surface area (Å²) in [5.41, 5.74) is 0. The molecule has 3 aromatic rings. The maximum atomic E-state index is 12.3. The molecule has 2 amide bonds. The largest absolute Gasteiger partial charge is 0.459 e. The molecule has 9 nitrogen and oxygen atoms in total. The number of carbonyl (C=O) groups is 2. The summed E-state index contributed by atoms with van der Waals surface area (Å²) in [4.78, 5) is 33.4. The van der Waals surface area contributed by atoms with E-state index in [2.05, 4.69) is 20.4 Å². The lowest BCUT2D eigenvalue weighted by atomic mass is 10.3. The second kappa shape index (κ2) is 8.36. The molecule has 1 aliphatic heterocycles. The molecule has 10 heteroatoms. The number of nitrogens with one attached hydrogen (secondary N) is 1. The van der Waals surface area contributed by atoms with Gasteiger partial charge in [0.05, 0.1) is 24.2 Å². The number of thiophene rings is 1. The van der Waals surface area contributed by atoms with Crippen LogP contribution in [0, 0.1) is 0 Å². The molecular weight excluding hydrogens is 382 g/mol. The van der Waals surface area contributed by atoms with Crippen molar-refractivity contribution in [2.24, 2.45) is 0 Å². The van der Waals surface area contributed by atoms with Crippen LogP contribution < -0.4 is 5.32 Å². The summed E-state index contributed by atoms with van der Waals surface area (Å²) in [5, 5.41) is 8.56. The summed E-state index contributed by atoms with van der Waals surface area (Å²) in [6.45, 7) is 3.08. The fourth-order valence-corrected chi connectivity index (χ4v) is 3.58. The predicted octanol–water partition coefficient (Wildman–Crippen LogP) is 1.47. The number of amides is 2. The molecule has 1 saturated heterocycles. The summed E-state index contributed by atoms with van der Waals surface area (Å²) in [6.07, 6.45) is 1.42. The molecule has 0 spiro atoms. The number of hydrogen-bond donors (Lipinski definition) is 1. The van der Waals surface area contributed by atoms with Crippen molar-refractivity contribution < 1.29 is 18.5 Å². The zero-order valence-corrected chi connectivity index (χ0v) is 15.9. The first-order valence-corrected chi connectivity index (χ1v) is 9.75. The van der Waals surface area contributed by atoms with Gasteiger partial charge in [-0.25, -0.2) is 0 Å². The molecule has 28 heavy (non-hydrogen) atoms. The highest BCUT2D eigenvalue weighted by Crippen LogP contribution is 2.21. The zero-order valence-electron chi connectivity index (χ0n) is 15.0. The van der Waals surface area contributed by atoms with Gasteiger partial charge in [0.2, 0.25) is 17.6 Å². The highest BCUT2D eigenvalue weighted by Gasteiger charge is 2.23. The number of furan rings is 1. The van der Waals surface area contributed by atoms with E-state index in [-0.39, 0.29) is 18.2 Å². The highest BCUT2D eigenvalue weighted by molar-refractivity contribution is 7.13. The van der Waals surface area contributed by atoms with E-state index < -0.39 is 5.91 Å². The van der Waals surface area contributed by atoms with Crippen LogP contribution in [-0.2, 0) is 11.3 Å². The third-order valence-electron chi connectivity index (χ3n) is 4.44. The van der Waals surface area contributed by atoms with Crippen molar-refractivity contribution in [2.75, 3.05) is 32.7 Å². The molecule has 0 saturated carbocycles.